The van der Waals surface area contributed by atoms with Gasteiger partial charge in [-0.05, 0) is 40.7 Å². The second-order valence-electron chi connectivity index (χ2n) is 5.10. The fourth-order valence-corrected chi connectivity index (χ4v) is 3.41. The number of nitrogens with two attached hydrogens (primary N) is 1. The third-order valence-corrected chi connectivity index (χ3v) is 4.92. The first-order chi connectivity index (χ1) is 9.81. The molecule has 0 aliphatic carbocycles. The molecule has 0 spiro atoms. The SMILES string of the molecule is CN(CCS(C)(=O)=O)C(CN)c1cc(Br)c2c(c1)OCO2. The Balaban J connectivity index is 2.19. The van der Waals surface area contributed by atoms with Crippen molar-refractivity contribution in [3.05, 3.63) is 22.2 Å². The zero-order chi connectivity index (χ0) is 15.6. The van der Waals surface area contributed by atoms with Crippen LogP contribution in [-0.2, 0) is 9.84 Å². The number of benzene rings is 1. The van der Waals surface area contributed by atoms with E-state index in [1.807, 2.05) is 24.1 Å². The second-order valence-corrected chi connectivity index (χ2v) is 8.21. The third kappa shape index (κ3) is 4.09. The van der Waals surface area contributed by atoms with E-state index in [4.69, 9.17) is 15.2 Å². The Morgan fingerprint density at radius 2 is 2.14 bits per heavy atom. The fourth-order valence-electron chi connectivity index (χ4n) is 2.22. The number of rotatable bonds is 6. The number of hydrogen-bond donors (Lipinski definition) is 1. The molecule has 8 heteroatoms. The van der Waals surface area contributed by atoms with Crippen molar-refractivity contribution in [2.75, 3.05) is 38.9 Å². The van der Waals surface area contributed by atoms with Crippen LogP contribution in [-0.4, -0.2) is 52.3 Å². The van der Waals surface area contributed by atoms with Crippen LogP contribution >= 0.6 is 15.9 Å². The smallest absolute Gasteiger partial charge is 0.231 e. The molecule has 1 unspecified atom stereocenters. The van der Waals surface area contributed by atoms with E-state index in [9.17, 15) is 8.42 Å². The van der Waals surface area contributed by atoms with Crippen molar-refractivity contribution in [2.45, 2.75) is 6.04 Å². The van der Waals surface area contributed by atoms with E-state index in [1.165, 1.54) is 6.26 Å². The van der Waals surface area contributed by atoms with Crippen molar-refractivity contribution >= 4 is 25.8 Å². The van der Waals surface area contributed by atoms with Crippen LogP contribution in [0, 0.1) is 0 Å². The van der Waals surface area contributed by atoms with E-state index >= 15 is 0 Å². The predicted molar refractivity (Wildman–Crippen MR) is 84.4 cm³/mol. The molecule has 0 amide bonds. The maximum Gasteiger partial charge on any atom is 0.231 e. The molecule has 0 bridgehead atoms. The number of ether oxygens (including phenoxy) is 2. The number of fused-ring (bicyclic) bond motifs is 1. The molecule has 6 nitrogen and oxygen atoms in total. The van der Waals surface area contributed by atoms with Crippen LogP contribution in [0.3, 0.4) is 0 Å². The molecule has 0 saturated carbocycles. The molecule has 0 radical (unpaired) electrons. The minimum atomic E-state index is -3.00. The quantitative estimate of drug-likeness (QED) is 0.799. The Labute approximate surface area is 133 Å². The Hall–Kier alpha value is -0.830. The van der Waals surface area contributed by atoms with Gasteiger partial charge in [-0.3, -0.25) is 4.90 Å². The molecule has 2 N–H and O–H groups in total. The molecular formula is C13H19BrN2O4S. The van der Waals surface area contributed by atoms with Gasteiger partial charge in [0, 0.05) is 25.4 Å². The van der Waals surface area contributed by atoms with Gasteiger partial charge in [0.2, 0.25) is 6.79 Å². The number of nitrogens with zero attached hydrogens (tertiary/aromatic N) is 1. The van der Waals surface area contributed by atoms with E-state index in [1.54, 1.807) is 0 Å². The van der Waals surface area contributed by atoms with Gasteiger partial charge in [0.15, 0.2) is 11.5 Å². The van der Waals surface area contributed by atoms with Crippen LogP contribution in [0.15, 0.2) is 16.6 Å². The van der Waals surface area contributed by atoms with Crippen LogP contribution in [0.4, 0.5) is 0 Å². The highest BCUT2D eigenvalue weighted by molar-refractivity contribution is 9.10. The van der Waals surface area contributed by atoms with Crippen molar-refractivity contribution in [1.29, 1.82) is 0 Å². The lowest BCUT2D eigenvalue weighted by Crippen LogP contribution is -2.34. The number of halogens is 1. The van der Waals surface area contributed by atoms with Gasteiger partial charge in [-0.2, -0.15) is 0 Å². The van der Waals surface area contributed by atoms with Gasteiger partial charge >= 0.3 is 0 Å². The zero-order valence-corrected chi connectivity index (χ0v) is 14.4. The number of sulfone groups is 1. The second kappa shape index (κ2) is 6.51. The summed E-state index contributed by atoms with van der Waals surface area (Å²) >= 11 is 3.46. The molecular weight excluding hydrogens is 360 g/mol. The molecule has 1 heterocycles. The topological polar surface area (TPSA) is 81.9 Å². The summed E-state index contributed by atoms with van der Waals surface area (Å²) in [5, 5.41) is 0. The summed E-state index contributed by atoms with van der Waals surface area (Å²) < 4.78 is 34.1. The van der Waals surface area contributed by atoms with Crippen LogP contribution in [0.5, 0.6) is 11.5 Å². The molecule has 1 atom stereocenters. The van der Waals surface area contributed by atoms with Crippen LogP contribution in [0.1, 0.15) is 11.6 Å². The maximum absolute atomic E-state index is 11.3. The van der Waals surface area contributed by atoms with Crippen molar-refractivity contribution in [3.63, 3.8) is 0 Å². The normalized spacial score (nSPS) is 15.5. The fraction of sp³-hybridized carbons (Fsp3) is 0.538. The van der Waals surface area contributed by atoms with Gasteiger partial charge in [-0.25, -0.2) is 8.42 Å². The zero-order valence-electron chi connectivity index (χ0n) is 12.0. The van der Waals surface area contributed by atoms with E-state index in [2.05, 4.69) is 15.9 Å². The van der Waals surface area contributed by atoms with E-state index in [0.29, 0.717) is 24.6 Å². The lowest BCUT2D eigenvalue weighted by Gasteiger charge is -2.27. The van der Waals surface area contributed by atoms with Crippen molar-refractivity contribution in [2.24, 2.45) is 5.73 Å². The maximum atomic E-state index is 11.3. The summed E-state index contributed by atoms with van der Waals surface area (Å²) in [6.07, 6.45) is 1.23. The van der Waals surface area contributed by atoms with Crippen LogP contribution < -0.4 is 15.2 Å². The van der Waals surface area contributed by atoms with Crippen molar-refractivity contribution < 1.29 is 17.9 Å². The molecule has 1 aliphatic rings. The first kappa shape index (κ1) is 16.5. The Kier molecular flexibility index (Phi) is 5.13. The highest BCUT2D eigenvalue weighted by Gasteiger charge is 2.23. The van der Waals surface area contributed by atoms with Gasteiger partial charge in [0.25, 0.3) is 0 Å². The van der Waals surface area contributed by atoms with Gasteiger partial charge in [-0.1, -0.05) is 0 Å². The van der Waals surface area contributed by atoms with E-state index in [-0.39, 0.29) is 18.6 Å². The Morgan fingerprint density at radius 1 is 1.43 bits per heavy atom. The standard InChI is InChI=1S/C13H19BrN2O4S/c1-16(3-4-21(2,17)18)11(7-15)9-5-10(14)13-12(6-9)19-8-20-13/h5-6,11H,3-4,7-8,15H2,1-2H3. The van der Waals surface area contributed by atoms with Crippen molar-refractivity contribution in [3.8, 4) is 11.5 Å². The largest absolute Gasteiger partial charge is 0.454 e. The summed E-state index contributed by atoms with van der Waals surface area (Å²) in [6, 6.07) is 3.74. The van der Waals surface area contributed by atoms with Gasteiger partial charge in [-0.15, -0.1) is 0 Å². The molecule has 118 valence electrons. The van der Waals surface area contributed by atoms with Gasteiger partial charge < -0.3 is 15.2 Å². The summed E-state index contributed by atoms with van der Waals surface area (Å²) in [6.45, 7) is 1.01. The first-order valence-corrected chi connectivity index (χ1v) is 9.34. The first-order valence-electron chi connectivity index (χ1n) is 6.49. The summed E-state index contributed by atoms with van der Waals surface area (Å²) in [5.74, 6) is 1.47. The predicted octanol–water partition coefficient (Wildman–Crippen LogP) is 1.15. The molecule has 1 aromatic carbocycles. The summed E-state index contributed by atoms with van der Waals surface area (Å²) in [5.41, 5.74) is 6.82. The summed E-state index contributed by atoms with van der Waals surface area (Å²) in [7, 11) is -1.13. The molecule has 0 aromatic heterocycles. The average Bonchev–Trinajstić information content (AvgIpc) is 2.85. The molecule has 21 heavy (non-hydrogen) atoms. The third-order valence-electron chi connectivity index (χ3n) is 3.40. The minimum absolute atomic E-state index is 0.0856. The van der Waals surface area contributed by atoms with Gasteiger partial charge in [0.05, 0.1) is 10.2 Å². The number of likely N-dealkylation sites (N-methyl/N-ethyl adjacent to an activating group) is 1. The highest BCUT2D eigenvalue weighted by atomic mass is 79.9. The molecule has 1 aromatic rings. The molecule has 1 aliphatic heterocycles. The lowest BCUT2D eigenvalue weighted by molar-refractivity contribution is 0.173. The Bertz CT molecular complexity index is 621. The minimum Gasteiger partial charge on any atom is -0.454 e. The monoisotopic (exact) mass is 378 g/mol. The van der Waals surface area contributed by atoms with Crippen molar-refractivity contribution in [1.82, 2.24) is 4.90 Å². The van der Waals surface area contributed by atoms with E-state index < -0.39 is 9.84 Å². The molecule has 2 rings (SSSR count). The average molecular weight is 379 g/mol. The van der Waals surface area contributed by atoms with Crippen LogP contribution in [0.25, 0.3) is 0 Å². The molecule has 0 fully saturated rings. The van der Waals surface area contributed by atoms with Gasteiger partial charge in [0.1, 0.15) is 9.84 Å². The number of hydrogen-bond acceptors (Lipinski definition) is 6. The van der Waals surface area contributed by atoms with E-state index in [0.717, 1.165) is 10.0 Å². The Morgan fingerprint density at radius 3 is 2.76 bits per heavy atom. The molecule has 0 saturated heterocycles. The summed E-state index contributed by atoms with van der Waals surface area (Å²) in [4.78, 5) is 1.94. The highest BCUT2D eigenvalue weighted by Crippen LogP contribution is 2.41. The van der Waals surface area contributed by atoms with Crippen LogP contribution in [0.2, 0.25) is 0 Å². The lowest BCUT2D eigenvalue weighted by atomic mass is 10.1.